The summed E-state index contributed by atoms with van der Waals surface area (Å²) in [7, 11) is 3.59. The summed E-state index contributed by atoms with van der Waals surface area (Å²) < 4.78 is 8.36. The molecular weight excluding hydrogens is 499 g/mol. The average Bonchev–Trinajstić information content (AvgIpc) is 2.56. The Morgan fingerprint density at radius 1 is 0.714 bits per heavy atom. The van der Waals surface area contributed by atoms with E-state index in [0.717, 1.165) is 0 Å². The van der Waals surface area contributed by atoms with E-state index in [9.17, 15) is 0 Å². The molecule has 0 N–H and O–H groups in total. The predicted octanol–water partition coefficient (Wildman–Crippen LogP) is 2.50. The van der Waals surface area contributed by atoms with Gasteiger partial charge in [-0.25, -0.2) is 0 Å². The molecule has 2 rings (SSSR count). The standard InChI is InChI=1S/C14H16O2P2Se3/c1-15-17(19,13-9-5-3-6-10-13)21-18(20,16-2)14-11-7-4-8-12-14/h3-12H,1-2H3. The second kappa shape index (κ2) is 8.05. The molecule has 2 aromatic carbocycles. The van der Waals surface area contributed by atoms with E-state index >= 15 is 0 Å². The van der Waals surface area contributed by atoms with E-state index in [1.807, 2.05) is 12.1 Å². The zero-order valence-corrected chi connectivity index (χ0v) is 18.6. The van der Waals surface area contributed by atoms with Gasteiger partial charge in [0.15, 0.2) is 0 Å². The van der Waals surface area contributed by atoms with Gasteiger partial charge >= 0.3 is 148 Å². The molecule has 7 heteroatoms. The Morgan fingerprint density at radius 3 is 1.33 bits per heavy atom. The Bertz CT molecular complexity index is 618. The van der Waals surface area contributed by atoms with Crippen LogP contribution >= 0.6 is 8.85 Å². The Balaban J connectivity index is 2.41. The van der Waals surface area contributed by atoms with Crippen LogP contribution in [0.3, 0.4) is 0 Å². The molecule has 0 saturated heterocycles. The van der Waals surface area contributed by atoms with Crippen molar-refractivity contribution in [3.8, 4) is 0 Å². The molecule has 0 spiro atoms. The molecule has 0 fully saturated rings. The zero-order valence-electron chi connectivity index (χ0n) is 11.7. The fraction of sp³-hybridized carbons (Fsp3) is 0.143. The van der Waals surface area contributed by atoms with Crippen LogP contribution in [0.15, 0.2) is 60.7 Å². The van der Waals surface area contributed by atoms with Crippen LogP contribution in [0.5, 0.6) is 0 Å². The molecule has 2 atom stereocenters. The van der Waals surface area contributed by atoms with Gasteiger partial charge in [-0.2, -0.15) is 0 Å². The van der Waals surface area contributed by atoms with E-state index in [1.165, 1.54) is 10.6 Å². The van der Waals surface area contributed by atoms with Crippen molar-refractivity contribution in [1.82, 2.24) is 0 Å². The summed E-state index contributed by atoms with van der Waals surface area (Å²) in [6, 6.07) is 20.9. The van der Waals surface area contributed by atoms with Gasteiger partial charge < -0.3 is 0 Å². The number of hydrogen-bond donors (Lipinski definition) is 0. The first-order valence-corrected chi connectivity index (χ1v) is 18.5. The number of benzene rings is 2. The van der Waals surface area contributed by atoms with Crippen molar-refractivity contribution in [3.63, 3.8) is 0 Å². The maximum absolute atomic E-state index is 5.95. The zero-order chi connectivity index (χ0) is 15.3. The van der Waals surface area contributed by atoms with Crippen molar-refractivity contribution in [1.29, 1.82) is 0 Å². The van der Waals surface area contributed by atoms with E-state index in [4.69, 9.17) is 9.05 Å². The summed E-state index contributed by atoms with van der Waals surface area (Å²) in [6.45, 7) is 0. The normalized spacial score (nSPS) is 16.9. The summed E-state index contributed by atoms with van der Waals surface area (Å²) in [5, 5.41) is 2.50. The van der Waals surface area contributed by atoms with Crippen molar-refractivity contribution in [2.45, 2.75) is 0 Å². The Kier molecular flexibility index (Phi) is 6.95. The van der Waals surface area contributed by atoms with Crippen molar-refractivity contribution in [2.24, 2.45) is 0 Å². The Labute approximate surface area is 147 Å². The molecule has 2 nitrogen and oxygen atoms in total. The van der Waals surface area contributed by atoms with Gasteiger partial charge in [0.1, 0.15) is 0 Å². The summed E-state index contributed by atoms with van der Waals surface area (Å²) in [6.07, 6.45) is 0. The topological polar surface area (TPSA) is 18.5 Å². The Hall–Kier alpha value is 0.778. The fourth-order valence-corrected chi connectivity index (χ4v) is 48.6. The second-order valence-corrected chi connectivity index (χ2v) is 31.6. The number of rotatable bonds is 6. The van der Waals surface area contributed by atoms with Crippen molar-refractivity contribution < 1.29 is 9.05 Å². The van der Waals surface area contributed by atoms with Gasteiger partial charge in [-0.3, -0.25) is 0 Å². The van der Waals surface area contributed by atoms with Crippen molar-refractivity contribution in [3.05, 3.63) is 60.7 Å². The molecule has 0 aliphatic heterocycles. The van der Waals surface area contributed by atoms with Gasteiger partial charge in [-0.1, -0.05) is 0 Å². The fourth-order valence-electron chi connectivity index (χ4n) is 1.73. The maximum atomic E-state index is 5.95. The molecule has 2 unspecified atom stereocenters. The monoisotopic (exact) mass is 518 g/mol. The third kappa shape index (κ3) is 4.41. The summed E-state index contributed by atoms with van der Waals surface area (Å²) in [5.41, 5.74) is 0. The first-order chi connectivity index (χ1) is 10.0. The molecule has 0 aliphatic carbocycles. The van der Waals surface area contributed by atoms with Crippen LogP contribution in [0.25, 0.3) is 0 Å². The molecule has 21 heavy (non-hydrogen) atoms. The van der Waals surface area contributed by atoms with E-state index in [1.54, 1.807) is 14.2 Å². The molecule has 0 aromatic heterocycles. The molecule has 0 heterocycles. The van der Waals surface area contributed by atoms with Gasteiger partial charge in [-0.05, 0) is 0 Å². The second-order valence-electron chi connectivity index (χ2n) is 4.11. The van der Waals surface area contributed by atoms with Crippen LogP contribution in [-0.4, -0.2) is 58.5 Å². The first-order valence-electron chi connectivity index (χ1n) is 6.18. The molecule has 0 aliphatic rings. The summed E-state index contributed by atoms with van der Waals surface area (Å²) in [5.74, 6) is 0. The molecule has 0 saturated carbocycles. The van der Waals surface area contributed by atoms with E-state index in [0.29, 0.717) is 0 Å². The third-order valence-electron chi connectivity index (χ3n) is 2.84. The minimum absolute atomic E-state index is 0.159. The van der Waals surface area contributed by atoms with Gasteiger partial charge in [0.2, 0.25) is 0 Å². The molecule has 0 radical (unpaired) electrons. The first kappa shape index (κ1) is 18.1. The van der Waals surface area contributed by atoms with Crippen LogP contribution in [0.2, 0.25) is 0 Å². The Morgan fingerprint density at radius 2 is 1.05 bits per heavy atom. The quantitative estimate of drug-likeness (QED) is 0.435. The van der Waals surface area contributed by atoms with Crippen LogP contribution in [0.4, 0.5) is 0 Å². The predicted molar refractivity (Wildman–Crippen MR) is 97.3 cm³/mol. The van der Waals surface area contributed by atoms with Crippen molar-refractivity contribution in [2.75, 3.05) is 14.2 Å². The van der Waals surface area contributed by atoms with Gasteiger partial charge in [0.05, 0.1) is 0 Å². The van der Waals surface area contributed by atoms with Gasteiger partial charge in [-0.15, -0.1) is 0 Å². The van der Waals surface area contributed by atoms with Crippen molar-refractivity contribution >= 4 is 63.7 Å². The van der Waals surface area contributed by atoms with Crippen LogP contribution < -0.4 is 10.6 Å². The molecular formula is C14H16O2P2Se3. The third-order valence-corrected chi connectivity index (χ3v) is 37.6. The average molecular weight is 515 g/mol. The SMILES string of the molecule is COP(=[Se])([Se]P(=[Se])(OC)c1ccccc1)c1ccccc1. The minimum atomic E-state index is -1.78. The van der Waals surface area contributed by atoms with Crippen LogP contribution in [0, 0.1) is 0 Å². The van der Waals surface area contributed by atoms with E-state index in [-0.39, 0.29) is 14.1 Å². The molecule has 0 bridgehead atoms. The summed E-state index contributed by atoms with van der Waals surface area (Å²) >= 11 is 6.88. The number of hydrogen-bond acceptors (Lipinski definition) is 2. The van der Waals surface area contributed by atoms with Gasteiger partial charge in [0, 0.05) is 0 Å². The van der Waals surface area contributed by atoms with Crippen LogP contribution in [-0.2, 0) is 9.05 Å². The van der Waals surface area contributed by atoms with Gasteiger partial charge in [0.25, 0.3) is 0 Å². The van der Waals surface area contributed by atoms with E-state index < -0.39 is 8.85 Å². The molecule has 0 amide bonds. The summed E-state index contributed by atoms with van der Waals surface area (Å²) in [4.78, 5) is 0. The van der Waals surface area contributed by atoms with Crippen LogP contribution in [0.1, 0.15) is 0 Å². The molecule has 112 valence electrons. The molecule has 2 aromatic rings. The van der Waals surface area contributed by atoms with E-state index in [2.05, 4.69) is 78.7 Å².